The topological polar surface area (TPSA) is 58.6 Å². The summed E-state index contributed by atoms with van der Waals surface area (Å²) in [5.74, 6) is 1.44. The van der Waals surface area contributed by atoms with Gasteiger partial charge in [-0.1, -0.05) is 95.8 Å². The van der Waals surface area contributed by atoms with Gasteiger partial charge in [0, 0.05) is 17.9 Å². The minimum Gasteiger partial charge on any atom is -0.493 e. The summed E-state index contributed by atoms with van der Waals surface area (Å²) < 4.78 is 5.98. The lowest BCUT2D eigenvalue weighted by atomic mass is 10.0. The van der Waals surface area contributed by atoms with E-state index in [1.165, 1.54) is 75.5 Å². The molecule has 2 aromatic rings. The summed E-state index contributed by atoms with van der Waals surface area (Å²) in [5.41, 5.74) is 4.62. The van der Waals surface area contributed by atoms with E-state index in [2.05, 4.69) is 41.6 Å². The Balaban J connectivity index is 0.00000616. The van der Waals surface area contributed by atoms with Gasteiger partial charge in [0.05, 0.1) is 24.5 Å². The second kappa shape index (κ2) is 20.6. The number of carbonyl (C=O) groups excluding carboxylic acids is 2. The molecule has 0 unspecified atom stereocenters. The van der Waals surface area contributed by atoms with Crippen molar-refractivity contribution in [1.82, 2.24) is 4.90 Å². The number of thioether (sulfide) groups is 1. The first-order valence-electron chi connectivity index (χ1n) is 15.6. The zero-order valence-corrected chi connectivity index (χ0v) is 28.5. The van der Waals surface area contributed by atoms with Gasteiger partial charge in [0.2, 0.25) is 5.91 Å². The van der Waals surface area contributed by atoms with E-state index in [0.717, 1.165) is 36.5 Å². The highest BCUT2D eigenvalue weighted by atomic mass is 79.9. The number of carbonyl (C=O) groups is 2. The molecule has 3 rings (SSSR count). The van der Waals surface area contributed by atoms with Gasteiger partial charge < -0.3 is 15.0 Å². The zero-order chi connectivity index (χ0) is 29.3. The summed E-state index contributed by atoms with van der Waals surface area (Å²) >= 11 is 1.81. The van der Waals surface area contributed by atoms with Gasteiger partial charge in [-0.15, -0.1) is 28.7 Å². The predicted octanol–water partition coefficient (Wildman–Crippen LogP) is 10.1. The molecule has 5 nitrogen and oxygen atoms in total. The molecule has 232 valence electrons. The molecule has 7 heteroatoms. The van der Waals surface area contributed by atoms with Crippen LogP contribution < -0.4 is 10.1 Å². The van der Waals surface area contributed by atoms with E-state index in [1.54, 1.807) is 13.0 Å². The second-order valence-electron chi connectivity index (χ2n) is 11.3. The summed E-state index contributed by atoms with van der Waals surface area (Å²) in [6.45, 7) is 7.42. The van der Waals surface area contributed by atoms with Gasteiger partial charge in [-0.2, -0.15) is 0 Å². The van der Waals surface area contributed by atoms with Crippen LogP contribution in [-0.4, -0.2) is 29.1 Å². The van der Waals surface area contributed by atoms with Gasteiger partial charge in [-0.25, -0.2) is 0 Å². The van der Waals surface area contributed by atoms with Crippen LogP contribution in [0.5, 0.6) is 5.75 Å². The number of hydrogen-bond acceptors (Lipinski definition) is 5. The number of hydrogen-bond donors (Lipinski definition) is 1. The van der Waals surface area contributed by atoms with Crippen molar-refractivity contribution in [3.8, 4) is 5.75 Å². The minimum atomic E-state index is -0.105. The molecule has 1 N–H and O–H groups in total. The predicted molar refractivity (Wildman–Crippen MR) is 184 cm³/mol. The molecule has 1 amide bonds. The molecule has 0 saturated heterocycles. The molecule has 0 bridgehead atoms. The Labute approximate surface area is 269 Å². The zero-order valence-electron chi connectivity index (χ0n) is 25.9. The molecule has 1 heterocycles. The number of halogens is 1. The molecule has 2 aromatic carbocycles. The Kier molecular flexibility index (Phi) is 17.6. The van der Waals surface area contributed by atoms with Gasteiger partial charge in [0.15, 0.2) is 5.78 Å². The van der Waals surface area contributed by atoms with Crippen LogP contribution in [0.15, 0.2) is 53.6 Å². The van der Waals surface area contributed by atoms with Crippen molar-refractivity contribution in [2.45, 2.75) is 111 Å². The van der Waals surface area contributed by atoms with Gasteiger partial charge >= 0.3 is 0 Å². The fourth-order valence-corrected chi connectivity index (χ4v) is 6.05. The molecule has 42 heavy (non-hydrogen) atoms. The Morgan fingerprint density at radius 2 is 1.45 bits per heavy atom. The Bertz CT molecular complexity index is 1120. The standard InChI is InChI=1S/C35H50N2O3S.BrH/c1-4-5-6-7-8-9-10-11-12-13-14-15-22-40-34-21-18-31(23-33(34)29(3)38)24-35(39)36-32-19-16-30(17-20-32)25-37-27-41-26-28(37)2;/h16-21,23,26H,4-15,22,24-25,27H2,1-3H3,(H,36,39);1H. The number of allylic oxidation sites excluding steroid dienone is 1. The monoisotopic (exact) mass is 658 g/mol. The van der Waals surface area contributed by atoms with Crippen LogP contribution in [0.2, 0.25) is 0 Å². The van der Waals surface area contributed by atoms with E-state index in [0.29, 0.717) is 17.9 Å². The third kappa shape index (κ3) is 13.4. The van der Waals surface area contributed by atoms with E-state index < -0.39 is 0 Å². The van der Waals surface area contributed by atoms with Crippen molar-refractivity contribution >= 4 is 46.1 Å². The van der Waals surface area contributed by atoms with Crippen molar-refractivity contribution in [3.05, 3.63) is 70.3 Å². The summed E-state index contributed by atoms with van der Waals surface area (Å²) in [7, 11) is 0. The molecule has 1 aliphatic heterocycles. The average Bonchev–Trinajstić information content (AvgIpc) is 3.36. The number of anilines is 1. The van der Waals surface area contributed by atoms with Crippen molar-refractivity contribution in [2.75, 3.05) is 17.8 Å². The number of unbranched alkanes of at least 4 members (excludes halogenated alkanes) is 11. The SMILES string of the molecule is Br.CCCCCCCCCCCCCCOc1ccc(CC(=O)Nc2ccc(CN3CSC=C3C)cc2)cc1C(C)=O. The maximum Gasteiger partial charge on any atom is 0.228 e. The van der Waals surface area contributed by atoms with Crippen LogP contribution in [-0.2, 0) is 17.8 Å². The third-order valence-electron chi connectivity index (χ3n) is 7.64. The van der Waals surface area contributed by atoms with Crippen LogP contribution in [0.3, 0.4) is 0 Å². The summed E-state index contributed by atoms with van der Waals surface area (Å²) in [4.78, 5) is 27.4. The van der Waals surface area contributed by atoms with Crippen LogP contribution in [0.1, 0.15) is 119 Å². The summed E-state index contributed by atoms with van der Waals surface area (Å²) in [6, 6.07) is 13.5. The first kappa shape index (κ1) is 35.9. The Morgan fingerprint density at radius 3 is 2.02 bits per heavy atom. The fourth-order valence-electron chi connectivity index (χ4n) is 5.11. The molecule has 0 aromatic heterocycles. The van der Waals surface area contributed by atoms with Gasteiger partial charge in [-0.3, -0.25) is 9.59 Å². The van der Waals surface area contributed by atoms with E-state index >= 15 is 0 Å². The van der Waals surface area contributed by atoms with Gasteiger partial charge in [0.1, 0.15) is 5.75 Å². The highest BCUT2D eigenvalue weighted by Crippen LogP contribution is 2.25. The normalized spacial score (nSPS) is 12.5. The van der Waals surface area contributed by atoms with Crippen molar-refractivity contribution in [2.24, 2.45) is 0 Å². The molecule has 0 aliphatic carbocycles. The molecule has 0 atom stereocenters. The molecule has 0 fully saturated rings. The van der Waals surface area contributed by atoms with Crippen molar-refractivity contribution < 1.29 is 14.3 Å². The molecule has 0 spiro atoms. The first-order chi connectivity index (χ1) is 20.0. The van der Waals surface area contributed by atoms with Gasteiger partial charge in [-0.05, 0) is 61.1 Å². The van der Waals surface area contributed by atoms with E-state index in [-0.39, 0.29) is 35.1 Å². The number of benzene rings is 2. The number of nitrogens with zero attached hydrogens (tertiary/aromatic N) is 1. The van der Waals surface area contributed by atoms with Crippen LogP contribution >= 0.6 is 28.7 Å². The molecule has 1 aliphatic rings. The van der Waals surface area contributed by atoms with Gasteiger partial charge in [0.25, 0.3) is 0 Å². The number of nitrogens with one attached hydrogen (secondary N) is 1. The molecule has 0 saturated carbocycles. The lowest BCUT2D eigenvalue weighted by Gasteiger charge is -2.19. The number of rotatable bonds is 20. The summed E-state index contributed by atoms with van der Waals surface area (Å²) in [6.07, 6.45) is 15.8. The van der Waals surface area contributed by atoms with Crippen LogP contribution in [0.4, 0.5) is 5.69 Å². The molecular formula is C35H51BrN2O3S. The quantitative estimate of drug-likeness (QED) is 0.113. The molecule has 0 radical (unpaired) electrons. The smallest absolute Gasteiger partial charge is 0.228 e. The van der Waals surface area contributed by atoms with E-state index in [9.17, 15) is 9.59 Å². The minimum absolute atomic E-state index is 0. The average molecular weight is 660 g/mol. The lowest BCUT2D eigenvalue weighted by molar-refractivity contribution is -0.115. The maximum absolute atomic E-state index is 12.7. The summed E-state index contributed by atoms with van der Waals surface area (Å²) in [5, 5.41) is 5.16. The van der Waals surface area contributed by atoms with Crippen molar-refractivity contribution in [3.63, 3.8) is 0 Å². The number of Topliss-reactive ketones (excluding diaryl/α,β-unsaturated/α-hetero) is 1. The fraction of sp³-hybridized carbons (Fsp3) is 0.543. The highest BCUT2D eigenvalue weighted by molar-refractivity contribution is 8.93. The van der Waals surface area contributed by atoms with E-state index in [4.69, 9.17) is 4.74 Å². The largest absolute Gasteiger partial charge is 0.493 e. The maximum atomic E-state index is 12.7. The first-order valence-corrected chi connectivity index (χ1v) is 16.7. The van der Waals surface area contributed by atoms with Crippen LogP contribution in [0, 0.1) is 0 Å². The Hall–Kier alpha value is -2.25. The van der Waals surface area contributed by atoms with Crippen molar-refractivity contribution in [1.29, 1.82) is 0 Å². The number of ether oxygens (including phenoxy) is 1. The van der Waals surface area contributed by atoms with Crippen LogP contribution in [0.25, 0.3) is 0 Å². The number of ketones is 1. The Morgan fingerprint density at radius 1 is 0.857 bits per heavy atom. The third-order valence-corrected chi connectivity index (χ3v) is 8.61. The highest BCUT2D eigenvalue weighted by Gasteiger charge is 2.14. The molecular weight excluding hydrogens is 608 g/mol. The number of amides is 1. The lowest BCUT2D eigenvalue weighted by Crippen LogP contribution is -2.17. The second-order valence-corrected chi connectivity index (χ2v) is 12.1. The van der Waals surface area contributed by atoms with E-state index in [1.807, 2.05) is 36.0 Å².